The molecule has 1 amide bonds. The van der Waals surface area contributed by atoms with Gasteiger partial charge in [0.15, 0.2) is 11.6 Å². The molecular formula is C23H20F2N2O3. The number of carbonyl (C=O) groups is 1. The van der Waals surface area contributed by atoms with E-state index in [9.17, 15) is 13.6 Å². The average Bonchev–Trinajstić information content (AvgIpc) is 3.10. The maximum absolute atomic E-state index is 13.4. The van der Waals surface area contributed by atoms with E-state index in [1.165, 1.54) is 13.2 Å². The van der Waals surface area contributed by atoms with Crippen molar-refractivity contribution < 1.29 is 22.7 Å². The summed E-state index contributed by atoms with van der Waals surface area (Å²) < 4.78 is 37.8. The molecule has 0 aliphatic rings. The zero-order chi connectivity index (χ0) is 21.3. The van der Waals surface area contributed by atoms with E-state index in [-0.39, 0.29) is 18.5 Å². The molecule has 0 bridgehead atoms. The van der Waals surface area contributed by atoms with Gasteiger partial charge in [-0.2, -0.15) is 0 Å². The number of methoxy groups -OCH3 is 1. The van der Waals surface area contributed by atoms with Gasteiger partial charge in [-0.25, -0.2) is 8.78 Å². The van der Waals surface area contributed by atoms with Gasteiger partial charge in [0.05, 0.1) is 19.3 Å². The quantitative estimate of drug-likeness (QED) is 0.461. The normalized spacial score (nSPS) is 12.3. The number of anilines is 1. The highest BCUT2D eigenvalue weighted by Gasteiger charge is 2.15. The van der Waals surface area contributed by atoms with Crippen molar-refractivity contribution in [3.63, 3.8) is 0 Å². The van der Waals surface area contributed by atoms with Crippen molar-refractivity contribution in [2.75, 3.05) is 19.0 Å². The van der Waals surface area contributed by atoms with Crippen LogP contribution in [0.25, 0.3) is 21.9 Å². The molecule has 3 aromatic carbocycles. The highest BCUT2D eigenvalue weighted by atomic mass is 19.2. The van der Waals surface area contributed by atoms with Gasteiger partial charge in [-0.05, 0) is 36.8 Å². The smallest absolute Gasteiger partial charge is 0.238 e. The number of furan rings is 1. The predicted octanol–water partition coefficient (Wildman–Crippen LogP) is 5.16. The van der Waals surface area contributed by atoms with Crippen molar-refractivity contribution in [1.29, 1.82) is 0 Å². The van der Waals surface area contributed by atoms with Crippen LogP contribution >= 0.6 is 0 Å². The van der Waals surface area contributed by atoms with Gasteiger partial charge in [-0.3, -0.25) is 4.79 Å². The molecule has 0 aliphatic carbocycles. The first-order chi connectivity index (χ1) is 14.5. The van der Waals surface area contributed by atoms with Crippen molar-refractivity contribution in [2.45, 2.75) is 13.0 Å². The first-order valence-corrected chi connectivity index (χ1v) is 9.43. The Bertz CT molecular complexity index is 1240. The van der Waals surface area contributed by atoms with Crippen LogP contribution in [-0.4, -0.2) is 19.6 Å². The largest absolute Gasteiger partial charge is 0.495 e. The Hall–Kier alpha value is -3.45. The standard InChI is InChI=1S/C23H20F2N2O3/c1-13(14-7-8-17(24)18(25)9-14)26-12-23(28)27-19-11-21-16(10-22(19)29-2)15-5-3-4-6-20(15)30-21/h3-11,13,26H,12H2,1-2H3,(H,27,28)/t13-/m1/s1. The molecule has 0 saturated carbocycles. The van der Waals surface area contributed by atoms with E-state index in [4.69, 9.17) is 9.15 Å². The zero-order valence-corrected chi connectivity index (χ0v) is 16.5. The predicted molar refractivity (Wildman–Crippen MR) is 112 cm³/mol. The second kappa shape index (κ2) is 8.12. The van der Waals surface area contributed by atoms with Crippen LogP contribution in [0.15, 0.2) is 59.0 Å². The summed E-state index contributed by atoms with van der Waals surface area (Å²) in [6.45, 7) is 1.74. The van der Waals surface area contributed by atoms with Gasteiger partial charge in [-0.15, -0.1) is 0 Å². The maximum atomic E-state index is 13.4. The van der Waals surface area contributed by atoms with E-state index in [1.54, 1.807) is 13.0 Å². The number of para-hydroxylation sites is 1. The molecule has 30 heavy (non-hydrogen) atoms. The van der Waals surface area contributed by atoms with E-state index in [0.29, 0.717) is 22.6 Å². The van der Waals surface area contributed by atoms with E-state index < -0.39 is 11.6 Å². The van der Waals surface area contributed by atoms with Crippen molar-refractivity contribution >= 4 is 33.5 Å². The Kier molecular flexibility index (Phi) is 5.37. The van der Waals surface area contributed by atoms with Gasteiger partial charge in [0.25, 0.3) is 0 Å². The third kappa shape index (κ3) is 3.84. The number of carbonyl (C=O) groups excluding carboxylic acids is 1. The number of hydrogen-bond donors (Lipinski definition) is 2. The average molecular weight is 410 g/mol. The Balaban J connectivity index is 1.49. The second-order valence-corrected chi connectivity index (χ2v) is 6.97. The number of rotatable bonds is 6. The number of halogens is 2. The number of fused-ring (bicyclic) bond motifs is 3. The van der Waals surface area contributed by atoms with Crippen molar-refractivity contribution in [3.8, 4) is 5.75 Å². The number of nitrogens with one attached hydrogen (secondary N) is 2. The zero-order valence-electron chi connectivity index (χ0n) is 16.5. The molecule has 1 aromatic heterocycles. The Morgan fingerprint density at radius 2 is 1.83 bits per heavy atom. The van der Waals surface area contributed by atoms with Crippen LogP contribution in [0.1, 0.15) is 18.5 Å². The van der Waals surface area contributed by atoms with Gasteiger partial charge in [0.1, 0.15) is 16.9 Å². The van der Waals surface area contributed by atoms with Crippen LogP contribution in [0.3, 0.4) is 0 Å². The lowest BCUT2D eigenvalue weighted by atomic mass is 10.1. The lowest BCUT2D eigenvalue weighted by Crippen LogP contribution is -2.30. The summed E-state index contributed by atoms with van der Waals surface area (Å²) in [5.41, 5.74) is 2.41. The van der Waals surface area contributed by atoms with E-state index in [1.807, 2.05) is 30.3 Å². The Morgan fingerprint density at radius 1 is 1.03 bits per heavy atom. The van der Waals surface area contributed by atoms with Crippen LogP contribution in [0.2, 0.25) is 0 Å². The van der Waals surface area contributed by atoms with E-state index in [0.717, 1.165) is 28.5 Å². The molecule has 7 heteroatoms. The van der Waals surface area contributed by atoms with Gasteiger partial charge in [0.2, 0.25) is 5.91 Å². The van der Waals surface area contributed by atoms with Gasteiger partial charge < -0.3 is 19.8 Å². The van der Waals surface area contributed by atoms with Crippen LogP contribution in [0.4, 0.5) is 14.5 Å². The van der Waals surface area contributed by atoms with Gasteiger partial charge in [0, 0.05) is 22.9 Å². The molecule has 0 spiro atoms. The fourth-order valence-electron chi connectivity index (χ4n) is 3.36. The maximum Gasteiger partial charge on any atom is 0.238 e. The molecule has 4 aromatic rings. The monoisotopic (exact) mass is 410 g/mol. The summed E-state index contributed by atoms with van der Waals surface area (Å²) in [7, 11) is 1.53. The topological polar surface area (TPSA) is 63.5 Å². The lowest BCUT2D eigenvalue weighted by Gasteiger charge is -2.15. The van der Waals surface area contributed by atoms with Crippen molar-refractivity contribution in [3.05, 3.63) is 71.8 Å². The minimum Gasteiger partial charge on any atom is -0.495 e. The lowest BCUT2D eigenvalue weighted by molar-refractivity contribution is -0.115. The Morgan fingerprint density at radius 3 is 2.60 bits per heavy atom. The fourth-order valence-corrected chi connectivity index (χ4v) is 3.36. The SMILES string of the molecule is COc1cc2c(cc1NC(=O)CN[C@H](C)c1ccc(F)c(F)c1)oc1ccccc12. The molecule has 0 fully saturated rings. The molecule has 1 atom stereocenters. The van der Waals surface area contributed by atoms with Crippen LogP contribution in [0, 0.1) is 11.6 Å². The number of ether oxygens (including phenoxy) is 1. The summed E-state index contributed by atoms with van der Waals surface area (Å²) in [4.78, 5) is 12.5. The van der Waals surface area contributed by atoms with Crippen LogP contribution < -0.4 is 15.4 Å². The molecule has 4 rings (SSSR count). The summed E-state index contributed by atoms with van der Waals surface area (Å²) >= 11 is 0. The van der Waals surface area contributed by atoms with Crippen LogP contribution in [0.5, 0.6) is 5.75 Å². The molecule has 0 unspecified atom stereocenters. The molecule has 0 aliphatic heterocycles. The molecule has 0 saturated heterocycles. The summed E-state index contributed by atoms with van der Waals surface area (Å²) in [5, 5.41) is 7.66. The third-order valence-corrected chi connectivity index (χ3v) is 4.99. The molecule has 0 radical (unpaired) electrons. The first kappa shape index (κ1) is 19.8. The summed E-state index contributed by atoms with van der Waals surface area (Å²) in [6, 6.07) is 14.5. The van der Waals surface area contributed by atoms with Gasteiger partial charge in [-0.1, -0.05) is 24.3 Å². The summed E-state index contributed by atoms with van der Waals surface area (Å²) in [5.74, 6) is -1.62. The molecule has 2 N–H and O–H groups in total. The second-order valence-electron chi connectivity index (χ2n) is 6.97. The number of benzene rings is 3. The highest BCUT2D eigenvalue weighted by molar-refractivity contribution is 6.07. The highest BCUT2D eigenvalue weighted by Crippen LogP contribution is 2.36. The molecule has 154 valence electrons. The van der Waals surface area contributed by atoms with Gasteiger partial charge >= 0.3 is 0 Å². The number of hydrogen-bond acceptors (Lipinski definition) is 4. The minimum absolute atomic E-state index is 0.0263. The number of amides is 1. The Labute approximate surface area is 171 Å². The molecule has 1 heterocycles. The summed E-state index contributed by atoms with van der Waals surface area (Å²) in [6.07, 6.45) is 0. The van der Waals surface area contributed by atoms with Crippen molar-refractivity contribution in [2.24, 2.45) is 0 Å². The van der Waals surface area contributed by atoms with E-state index >= 15 is 0 Å². The van der Waals surface area contributed by atoms with Crippen molar-refractivity contribution in [1.82, 2.24) is 5.32 Å². The van der Waals surface area contributed by atoms with Crippen LogP contribution in [-0.2, 0) is 4.79 Å². The van der Waals surface area contributed by atoms with E-state index in [2.05, 4.69) is 10.6 Å². The molecule has 5 nitrogen and oxygen atoms in total. The third-order valence-electron chi connectivity index (χ3n) is 4.99. The first-order valence-electron chi connectivity index (χ1n) is 9.43. The fraction of sp³-hybridized carbons (Fsp3) is 0.174. The molecular weight excluding hydrogens is 390 g/mol. The minimum atomic E-state index is -0.922.